The molecule has 0 spiro atoms. The third kappa shape index (κ3) is 3.42. The van der Waals surface area contributed by atoms with Crippen LogP contribution >= 0.6 is 11.3 Å². The lowest BCUT2D eigenvalue weighted by Gasteiger charge is -2.18. The number of thiophene rings is 1. The van der Waals surface area contributed by atoms with E-state index >= 15 is 0 Å². The smallest absolute Gasteiger partial charge is 0.276 e. The lowest BCUT2D eigenvalue weighted by atomic mass is 10.1. The van der Waals surface area contributed by atoms with Crippen LogP contribution in [0.3, 0.4) is 0 Å². The van der Waals surface area contributed by atoms with E-state index in [1.54, 1.807) is 18.2 Å². The first-order valence-electron chi connectivity index (χ1n) is 9.43. The molecule has 0 saturated heterocycles. The van der Waals surface area contributed by atoms with Gasteiger partial charge in [-0.2, -0.15) is 5.10 Å². The van der Waals surface area contributed by atoms with Crippen LogP contribution < -0.4 is 10.9 Å². The van der Waals surface area contributed by atoms with Gasteiger partial charge in [-0.05, 0) is 25.5 Å². The van der Waals surface area contributed by atoms with Gasteiger partial charge in [-0.25, -0.2) is 9.07 Å². The number of nitrogens with zero attached hydrogens (tertiary/aromatic N) is 2. The Morgan fingerprint density at radius 3 is 2.69 bits per heavy atom. The Morgan fingerprint density at radius 1 is 1.21 bits per heavy atom. The molecule has 0 aliphatic carbocycles. The lowest BCUT2D eigenvalue weighted by molar-refractivity contribution is -0.125. The highest BCUT2D eigenvalue weighted by Crippen LogP contribution is 2.33. The van der Waals surface area contributed by atoms with Crippen molar-refractivity contribution in [3.63, 3.8) is 0 Å². The number of rotatable bonds is 5. The van der Waals surface area contributed by atoms with Gasteiger partial charge >= 0.3 is 0 Å². The largest absolute Gasteiger partial charge is 0.350 e. The summed E-state index contributed by atoms with van der Waals surface area (Å²) in [5.74, 6) is -0.734. The number of nitrogens with one attached hydrogen (secondary N) is 1. The minimum absolute atomic E-state index is 0.0549. The Bertz CT molecular complexity index is 1280. The van der Waals surface area contributed by atoms with Crippen LogP contribution in [0.25, 0.3) is 20.2 Å². The maximum Gasteiger partial charge on any atom is 0.276 e. The summed E-state index contributed by atoms with van der Waals surface area (Å²) in [6, 6.07) is 13.2. The van der Waals surface area contributed by atoms with Crippen molar-refractivity contribution in [1.82, 2.24) is 15.1 Å². The Kier molecular flexibility index (Phi) is 5.15. The third-order valence-corrected chi connectivity index (χ3v) is 6.28. The number of benzene rings is 2. The molecule has 29 heavy (non-hydrogen) atoms. The Morgan fingerprint density at radius 2 is 1.93 bits per heavy atom. The van der Waals surface area contributed by atoms with Crippen LogP contribution in [0.4, 0.5) is 4.39 Å². The highest BCUT2D eigenvalue weighted by atomic mass is 32.1. The predicted octanol–water partition coefficient (Wildman–Crippen LogP) is 4.33. The molecule has 2 aromatic heterocycles. The van der Waals surface area contributed by atoms with Crippen molar-refractivity contribution in [1.29, 1.82) is 0 Å². The maximum absolute atomic E-state index is 13.8. The summed E-state index contributed by atoms with van der Waals surface area (Å²) < 4.78 is 17.0. The topological polar surface area (TPSA) is 64.0 Å². The molecular formula is C22H20FN3O2S. The van der Waals surface area contributed by atoms with Crippen molar-refractivity contribution in [3.05, 3.63) is 76.0 Å². The van der Waals surface area contributed by atoms with Crippen molar-refractivity contribution in [2.45, 2.75) is 32.9 Å². The van der Waals surface area contributed by atoms with Crippen molar-refractivity contribution >= 4 is 37.4 Å². The zero-order valence-corrected chi connectivity index (χ0v) is 16.9. The monoisotopic (exact) mass is 409 g/mol. The molecule has 5 nitrogen and oxygen atoms in total. The average molecular weight is 409 g/mol. The van der Waals surface area contributed by atoms with Crippen LogP contribution in [0.2, 0.25) is 0 Å². The minimum atomic E-state index is -0.768. The first-order chi connectivity index (χ1) is 14.0. The van der Waals surface area contributed by atoms with Crippen LogP contribution in [-0.4, -0.2) is 15.7 Å². The summed E-state index contributed by atoms with van der Waals surface area (Å²) in [7, 11) is 0. The van der Waals surface area contributed by atoms with Gasteiger partial charge in [0.25, 0.3) is 5.56 Å². The number of fused-ring (bicyclic) bond motifs is 3. The molecule has 148 valence electrons. The summed E-state index contributed by atoms with van der Waals surface area (Å²) in [6.07, 6.45) is 0.392. The maximum atomic E-state index is 13.8. The molecule has 1 atom stereocenters. The van der Waals surface area contributed by atoms with Crippen LogP contribution in [0.1, 0.15) is 30.6 Å². The average Bonchev–Trinajstić information content (AvgIpc) is 3.12. The van der Waals surface area contributed by atoms with Gasteiger partial charge in [-0.3, -0.25) is 9.59 Å². The number of carbonyl (C=O) groups is 1. The number of hydrogen-bond acceptors (Lipinski definition) is 4. The minimum Gasteiger partial charge on any atom is -0.350 e. The van der Waals surface area contributed by atoms with Crippen molar-refractivity contribution in [2.75, 3.05) is 0 Å². The second-order valence-electron chi connectivity index (χ2n) is 6.87. The van der Waals surface area contributed by atoms with E-state index in [0.29, 0.717) is 23.1 Å². The first kappa shape index (κ1) is 19.3. The predicted molar refractivity (Wildman–Crippen MR) is 114 cm³/mol. The van der Waals surface area contributed by atoms with Gasteiger partial charge in [0.2, 0.25) is 5.91 Å². The van der Waals surface area contributed by atoms with E-state index < -0.39 is 6.04 Å². The summed E-state index contributed by atoms with van der Waals surface area (Å²) in [4.78, 5) is 26.1. The van der Waals surface area contributed by atoms with Crippen LogP contribution in [-0.2, 0) is 11.3 Å². The Labute approximate surface area is 170 Å². The number of aryl methyl sites for hydroxylation is 1. The van der Waals surface area contributed by atoms with Gasteiger partial charge in [-0.15, -0.1) is 11.3 Å². The molecule has 0 saturated carbocycles. The van der Waals surface area contributed by atoms with E-state index in [2.05, 4.69) is 10.4 Å². The third-order valence-electron chi connectivity index (χ3n) is 5.00. The van der Waals surface area contributed by atoms with E-state index in [-0.39, 0.29) is 23.8 Å². The van der Waals surface area contributed by atoms with E-state index in [1.165, 1.54) is 22.1 Å². The molecule has 2 aromatic carbocycles. The fourth-order valence-corrected chi connectivity index (χ4v) is 4.64. The van der Waals surface area contributed by atoms with Gasteiger partial charge in [0, 0.05) is 22.2 Å². The number of carbonyl (C=O) groups excluding carboxylic acids is 1. The number of halogens is 1. The second-order valence-corrected chi connectivity index (χ2v) is 7.92. The molecule has 0 unspecified atom stereocenters. The van der Waals surface area contributed by atoms with E-state index in [0.717, 1.165) is 14.8 Å². The number of aromatic nitrogens is 2. The summed E-state index contributed by atoms with van der Waals surface area (Å²) in [5, 5.41) is 8.65. The zero-order chi connectivity index (χ0) is 20.5. The fraction of sp³-hybridized carbons (Fsp3) is 0.227. The normalized spacial score (nSPS) is 12.4. The molecule has 1 amide bonds. The van der Waals surface area contributed by atoms with Gasteiger partial charge in [0.05, 0.1) is 15.8 Å². The van der Waals surface area contributed by atoms with E-state index in [4.69, 9.17) is 0 Å². The molecule has 0 radical (unpaired) electrons. The van der Waals surface area contributed by atoms with Crippen molar-refractivity contribution in [2.24, 2.45) is 0 Å². The zero-order valence-electron chi connectivity index (χ0n) is 16.1. The lowest BCUT2D eigenvalue weighted by Crippen LogP contribution is -2.38. The highest BCUT2D eigenvalue weighted by Gasteiger charge is 2.24. The molecule has 1 N–H and O–H groups in total. The van der Waals surface area contributed by atoms with Crippen molar-refractivity contribution in [3.8, 4) is 0 Å². The standard InChI is InChI=1S/C22H20FN3O2S/c1-3-17(21(27)24-12-14-8-4-6-10-16(14)23)26-22(28)19-15-9-5-7-11-18(15)29-20(19)13(2)25-26/h4-11,17H,3,12H2,1-2H3,(H,24,27)/t17-/m1/s1. The summed E-state index contributed by atoms with van der Waals surface area (Å²) >= 11 is 1.53. The van der Waals surface area contributed by atoms with Gasteiger partial charge in [0.1, 0.15) is 11.9 Å². The quantitative estimate of drug-likeness (QED) is 0.534. The SMILES string of the molecule is CC[C@H](C(=O)NCc1ccccc1F)n1nc(C)c2sc3ccccc3c2c1=O. The molecule has 4 aromatic rings. The molecule has 2 heterocycles. The number of hydrogen-bond donors (Lipinski definition) is 1. The Hall–Kier alpha value is -3.06. The molecular weight excluding hydrogens is 389 g/mol. The summed E-state index contributed by atoms with van der Waals surface area (Å²) in [5.41, 5.74) is 0.823. The highest BCUT2D eigenvalue weighted by molar-refractivity contribution is 7.26. The van der Waals surface area contributed by atoms with Gasteiger partial charge in [-0.1, -0.05) is 43.3 Å². The van der Waals surface area contributed by atoms with E-state index in [1.807, 2.05) is 38.1 Å². The first-order valence-corrected chi connectivity index (χ1v) is 10.2. The van der Waals surface area contributed by atoms with Crippen LogP contribution in [0, 0.1) is 12.7 Å². The molecule has 4 rings (SSSR count). The molecule has 7 heteroatoms. The van der Waals surface area contributed by atoms with Gasteiger partial charge in [0.15, 0.2) is 0 Å². The Balaban J connectivity index is 1.72. The van der Waals surface area contributed by atoms with Crippen LogP contribution in [0.15, 0.2) is 53.3 Å². The molecule has 0 bridgehead atoms. The summed E-state index contributed by atoms with van der Waals surface area (Å²) in [6.45, 7) is 3.73. The molecule has 0 aliphatic rings. The van der Waals surface area contributed by atoms with E-state index in [9.17, 15) is 14.0 Å². The van der Waals surface area contributed by atoms with Crippen LogP contribution in [0.5, 0.6) is 0 Å². The second kappa shape index (κ2) is 7.75. The molecule has 0 fully saturated rings. The molecule has 0 aliphatic heterocycles. The number of amides is 1. The van der Waals surface area contributed by atoms with Crippen molar-refractivity contribution < 1.29 is 9.18 Å². The van der Waals surface area contributed by atoms with Gasteiger partial charge < -0.3 is 5.32 Å². The fourth-order valence-electron chi connectivity index (χ4n) is 3.50.